The summed E-state index contributed by atoms with van der Waals surface area (Å²) in [6.45, 7) is 0. The average Bonchev–Trinajstić information content (AvgIpc) is 2.53. The number of nitrogens with zero attached hydrogens (tertiary/aromatic N) is 1. The Balaban J connectivity index is 2.61. The molecule has 27 heavy (non-hydrogen) atoms. The van der Waals surface area contributed by atoms with Crippen LogP contribution in [0.5, 0.6) is 0 Å². The molecule has 0 aromatic heterocycles. The molecule has 2 aromatic carbocycles. The minimum absolute atomic E-state index is 0.297. The molecule has 0 aliphatic heterocycles. The fourth-order valence-corrected chi connectivity index (χ4v) is 3.48. The molecule has 2 N–H and O–H groups in total. The molecule has 2 rings (SSSR count). The van der Waals surface area contributed by atoms with E-state index in [9.17, 15) is 34.4 Å². The van der Waals surface area contributed by atoms with Crippen LogP contribution in [0.1, 0.15) is 11.1 Å². The molecule has 6 nitrogen and oxygen atoms in total. The third-order valence-electron chi connectivity index (χ3n) is 3.31. The molecule has 146 valence electrons. The molecule has 12 heteroatoms. The van der Waals surface area contributed by atoms with E-state index in [0.717, 1.165) is 36.4 Å². The molecule has 0 unspecified atom stereocenters. The fraction of sp³-hybridized carbons (Fsp3) is 0.0667. The van der Waals surface area contributed by atoms with Crippen molar-refractivity contribution in [1.29, 1.82) is 0 Å². The van der Waals surface area contributed by atoms with Gasteiger partial charge in [0.15, 0.2) is 0 Å². The maximum absolute atomic E-state index is 13.5. The fourth-order valence-electron chi connectivity index (χ4n) is 2.18. The van der Waals surface area contributed by atoms with Gasteiger partial charge in [-0.1, -0.05) is 18.2 Å². The third-order valence-corrected chi connectivity index (χ3v) is 4.97. The van der Waals surface area contributed by atoms with Gasteiger partial charge < -0.3 is 0 Å². The SMILES string of the molecule is NS(=O)(=O)c1ccc(F)cc1N(C=Cc1ccccc1C(F)(F)F)[SH](=O)=O. The molecule has 0 aliphatic rings. The number of alkyl halides is 3. The first-order valence-electron chi connectivity index (χ1n) is 7.01. The van der Waals surface area contributed by atoms with Gasteiger partial charge in [0.2, 0.25) is 20.9 Å². The van der Waals surface area contributed by atoms with E-state index >= 15 is 0 Å². The molecule has 0 fully saturated rings. The molecule has 0 bridgehead atoms. The highest BCUT2D eigenvalue weighted by Gasteiger charge is 2.32. The minimum Gasteiger partial charge on any atom is -0.246 e. The Morgan fingerprint density at radius 2 is 1.70 bits per heavy atom. The van der Waals surface area contributed by atoms with Gasteiger partial charge in [0.25, 0.3) is 0 Å². The Bertz CT molecular complexity index is 1060. The van der Waals surface area contributed by atoms with E-state index in [1.54, 1.807) is 0 Å². The molecule has 0 saturated heterocycles. The summed E-state index contributed by atoms with van der Waals surface area (Å²) in [6.07, 6.45) is -3.21. The van der Waals surface area contributed by atoms with Gasteiger partial charge in [-0.3, -0.25) is 0 Å². The predicted molar refractivity (Wildman–Crippen MR) is 91.0 cm³/mol. The Kier molecular flexibility index (Phi) is 5.92. The second kappa shape index (κ2) is 7.66. The normalized spacial score (nSPS) is 12.7. The van der Waals surface area contributed by atoms with E-state index in [4.69, 9.17) is 5.14 Å². The van der Waals surface area contributed by atoms with Gasteiger partial charge >= 0.3 is 6.18 Å². The van der Waals surface area contributed by atoms with Gasteiger partial charge in [-0.05, 0) is 35.9 Å². The van der Waals surface area contributed by atoms with Crippen molar-refractivity contribution < 1.29 is 34.4 Å². The summed E-state index contributed by atoms with van der Waals surface area (Å²) in [5.41, 5.74) is -2.07. The Labute approximate surface area is 153 Å². The lowest BCUT2D eigenvalue weighted by Gasteiger charge is -2.17. The number of nitrogens with two attached hydrogens (primary N) is 1. The molecule has 0 heterocycles. The Morgan fingerprint density at radius 3 is 2.26 bits per heavy atom. The predicted octanol–water partition coefficient (Wildman–Crippen LogP) is 2.50. The highest BCUT2D eigenvalue weighted by atomic mass is 32.2. The van der Waals surface area contributed by atoms with Crippen LogP contribution in [-0.2, 0) is 27.1 Å². The second-order valence-electron chi connectivity index (χ2n) is 5.14. The standard InChI is InChI=1S/C15H12F4N2O4S2/c16-11-5-6-14(27(20,24)25)13(9-11)21(26(22)23)8-7-10-3-1-2-4-12(10)15(17,18)19/h1-9,26H,(H2,20,24,25). The van der Waals surface area contributed by atoms with Gasteiger partial charge in [-0.15, -0.1) is 0 Å². The van der Waals surface area contributed by atoms with Crippen molar-refractivity contribution in [3.05, 3.63) is 65.6 Å². The van der Waals surface area contributed by atoms with Crippen LogP contribution in [0.3, 0.4) is 0 Å². The monoisotopic (exact) mass is 424 g/mol. The lowest BCUT2D eigenvalue weighted by molar-refractivity contribution is -0.137. The molecular weight excluding hydrogens is 412 g/mol. The van der Waals surface area contributed by atoms with Crippen molar-refractivity contribution in [2.24, 2.45) is 5.14 Å². The van der Waals surface area contributed by atoms with Crippen LogP contribution in [0.2, 0.25) is 0 Å². The van der Waals surface area contributed by atoms with Crippen LogP contribution < -0.4 is 9.44 Å². The summed E-state index contributed by atoms with van der Waals surface area (Å²) in [7, 11) is -8.00. The molecule has 0 aliphatic carbocycles. The first-order chi connectivity index (χ1) is 12.4. The Morgan fingerprint density at radius 1 is 1.07 bits per heavy atom. The zero-order valence-corrected chi connectivity index (χ0v) is 14.9. The summed E-state index contributed by atoms with van der Waals surface area (Å²) in [6, 6.07) is 6.42. The summed E-state index contributed by atoms with van der Waals surface area (Å²) in [4.78, 5) is -0.711. The number of benzene rings is 2. The van der Waals surface area contributed by atoms with Gasteiger partial charge in [-0.25, -0.2) is 30.7 Å². The van der Waals surface area contributed by atoms with E-state index in [2.05, 4.69) is 0 Å². The zero-order valence-electron chi connectivity index (χ0n) is 13.2. The topological polar surface area (TPSA) is 97.5 Å². The van der Waals surface area contributed by atoms with E-state index < -0.39 is 49.1 Å². The molecule has 0 atom stereocenters. The number of anilines is 1. The second-order valence-corrected chi connectivity index (χ2v) is 7.58. The first kappa shape index (κ1) is 20.9. The number of thiol groups is 1. The van der Waals surface area contributed by atoms with Crippen molar-refractivity contribution in [3.63, 3.8) is 0 Å². The summed E-state index contributed by atoms with van der Waals surface area (Å²) < 4.78 is 99.1. The van der Waals surface area contributed by atoms with Gasteiger partial charge in [-0.2, -0.15) is 13.2 Å². The van der Waals surface area contributed by atoms with Crippen molar-refractivity contribution in [1.82, 2.24) is 0 Å². The minimum atomic E-state index is -4.70. The lowest BCUT2D eigenvalue weighted by Crippen LogP contribution is -2.20. The number of hydrogen-bond donors (Lipinski definition) is 2. The Hall–Kier alpha value is -2.44. The maximum Gasteiger partial charge on any atom is 0.416 e. The van der Waals surface area contributed by atoms with Crippen LogP contribution in [-0.4, -0.2) is 16.8 Å². The van der Waals surface area contributed by atoms with E-state index in [1.165, 1.54) is 6.07 Å². The smallest absolute Gasteiger partial charge is 0.246 e. The summed E-state index contributed by atoms with van der Waals surface area (Å²) in [5, 5.41) is 4.99. The number of rotatable bonds is 5. The molecule has 0 amide bonds. The van der Waals surface area contributed by atoms with E-state index in [-0.39, 0.29) is 5.56 Å². The number of sulfonamides is 1. The lowest BCUT2D eigenvalue weighted by atomic mass is 10.1. The van der Waals surface area contributed by atoms with Gasteiger partial charge in [0, 0.05) is 6.20 Å². The molecule has 0 radical (unpaired) electrons. The maximum atomic E-state index is 13.5. The van der Waals surface area contributed by atoms with Crippen LogP contribution in [0.25, 0.3) is 6.08 Å². The van der Waals surface area contributed by atoms with Crippen LogP contribution >= 0.6 is 0 Å². The number of hydrogen-bond acceptors (Lipinski definition) is 4. The van der Waals surface area contributed by atoms with Crippen molar-refractivity contribution in [2.45, 2.75) is 11.1 Å². The highest BCUT2D eigenvalue weighted by molar-refractivity contribution is 7.89. The van der Waals surface area contributed by atoms with Crippen LogP contribution in [0.4, 0.5) is 23.2 Å². The van der Waals surface area contributed by atoms with E-state index in [0.29, 0.717) is 16.6 Å². The highest BCUT2D eigenvalue weighted by Crippen LogP contribution is 2.33. The molecule has 2 aromatic rings. The van der Waals surface area contributed by atoms with E-state index in [1.807, 2.05) is 0 Å². The first-order valence-corrected chi connectivity index (χ1v) is 9.69. The van der Waals surface area contributed by atoms with Crippen LogP contribution in [0, 0.1) is 5.82 Å². The van der Waals surface area contributed by atoms with Crippen molar-refractivity contribution >= 4 is 32.7 Å². The summed E-state index contributed by atoms with van der Waals surface area (Å²) >= 11 is 0. The molecule has 0 saturated carbocycles. The van der Waals surface area contributed by atoms with Crippen molar-refractivity contribution in [2.75, 3.05) is 4.31 Å². The zero-order chi connectivity index (χ0) is 20.4. The summed E-state index contributed by atoms with van der Waals surface area (Å²) in [5.74, 6) is -0.969. The average molecular weight is 424 g/mol. The third kappa shape index (κ3) is 5.05. The van der Waals surface area contributed by atoms with Crippen LogP contribution in [0.15, 0.2) is 53.6 Å². The quantitative estimate of drug-likeness (QED) is 0.569. The van der Waals surface area contributed by atoms with Gasteiger partial charge in [0.1, 0.15) is 10.7 Å². The van der Waals surface area contributed by atoms with Crippen molar-refractivity contribution in [3.8, 4) is 0 Å². The molecule has 0 spiro atoms. The largest absolute Gasteiger partial charge is 0.416 e. The number of halogens is 4. The van der Waals surface area contributed by atoms with Gasteiger partial charge in [0.05, 0.1) is 11.3 Å². The molecular formula is C15H12F4N2O4S2. The number of primary sulfonamides is 1.